The average molecular weight is 311 g/mol. The van der Waals surface area contributed by atoms with E-state index in [1.54, 1.807) is 18.7 Å². The lowest BCUT2D eigenvalue weighted by molar-refractivity contribution is 0.199. The summed E-state index contributed by atoms with van der Waals surface area (Å²) < 4.78 is 1.95. The van der Waals surface area contributed by atoms with Crippen LogP contribution in [-0.4, -0.2) is 14.9 Å². The van der Waals surface area contributed by atoms with Crippen LogP contribution < -0.4 is 0 Å². The molecule has 2 aromatic rings. The van der Waals surface area contributed by atoms with Gasteiger partial charge in [-0.05, 0) is 38.5 Å². The maximum atomic E-state index is 9.49. The molecule has 0 radical (unpaired) electrons. The van der Waals surface area contributed by atoms with E-state index in [1.165, 1.54) is 0 Å². The molecule has 1 N–H and O–H groups in total. The van der Waals surface area contributed by atoms with Gasteiger partial charge in [0.15, 0.2) is 0 Å². The Morgan fingerprint density at radius 2 is 2.00 bits per heavy atom. The van der Waals surface area contributed by atoms with Crippen LogP contribution in [0.25, 0.3) is 0 Å². The van der Waals surface area contributed by atoms with Crippen molar-refractivity contribution in [1.29, 1.82) is 0 Å². The Hall–Kier alpha value is -0.970. The third-order valence-corrected chi connectivity index (χ3v) is 4.71. The number of aliphatic hydroxyl groups excluding tert-OH is 1. The molecule has 0 saturated carbocycles. The van der Waals surface area contributed by atoms with Crippen LogP contribution in [0.5, 0.6) is 0 Å². The Morgan fingerprint density at radius 3 is 2.55 bits per heavy atom. The van der Waals surface area contributed by atoms with Crippen LogP contribution in [0.2, 0.25) is 5.02 Å². The lowest BCUT2D eigenvalue weighted by atomic mass is 10.1. The van der Waals surface area contributed by atoms with E-state index < -0.39 is 6.10 Å². The Morgan fingerprint density at radius 1 is 1.35 bits per heavy atom. The molecule has 1 unspecified atom stereocenters. The summed E-state index contributed by atoms with van der Waals surface area (Å²) in [6.07, 6.45) is -0.423. The van der Waals surface area contributed by atoms with Crippen molar-refractivity contribution in [3.63, 3.8) is 0 Å². The number of nitrogens with zero attached hydrogens (tertiary/aromatic N) is 2. The van der Waals surface area contributed by atoms with E-state index in [4.69, 9.17) is 11.6 Å². The van der Waals surface area contributed by atoms with Gasteiger partial charge in [-0.2, -0.15) is 5.10 Å². The molecule has 0 spiro atoms. The SMILES string of the molecule is CCn1nc(C)c(Cl)c1CSc1ccc(C(C)O)cc1. The van der Waals surface area contributed by atoms with Crippen LogP contribution in [0.15, 0.2) is 29.2 Å². The summed E-state index contributed by atoms with van der Waals surface area (Å²) in [4.78, 5) is 1.16. The second-order valence-corrected chi connectivity index (χ2v) is 6.12. The highest BCUT2D eigenvalue weighted by Gasteiger charge is 2.12. The molecule has 0 aliphatic heterocycles. The first kappa shape index (κ1) is 15.4. The molecule has 0 fully saturated rings. The van der Waals surface area contributed by atoms with E-state index in [0.29, 0.717) is 0 Å². The van der Waals surface area contributed by atoms with Crippen molar-refractivity contribution < 1.29 is 5.11 Å². The van der Waals surface area contributed by atoms with E-state index in [1.807, 2.05) is 35.9 Å². The molecule has 3 nitrogen and oxygen atoms in total. The van der Waals surface area contributed by atoms with Crippen LogP contribution in [0, 0.1) is 6.92 Å². The zero-order chi connectivity index (χ0) is 14.7. The lowest BCUT2D eigenvalue weighted by Gasteiger charge is -2.07. The molecule has 0 bridgehead atoms. The normalized spacial score (nSPS) is 12.7. The lowest BCUT2D eigenvalue weighted by Crippen LogP contribution is -2.01. The first-order chi connectivity index (χ1) is 9.52. The first-order valence-electron chi connectivity index (χ1n) is 6.65. The Balaban J connectivity index is 2.09. The molecular weight excluding hydrogens is 292 g/mol. The predicted molar refractivity (Wildman–Crippen MR) is 84.3 cm³/mol. The molecule has 5 heteroatoms. The van der Waals surface area contributed by atoms with Crippen LogP contribution in [0.4, 0.5) is 0 Å². The maximum absolute atomic E-state index is 9.49. The number of halogens is 1. The van der Waals surface area contributed by atoms with E-state index in [-0.39, 0.29) is 0 Å². The van der Waals surface area contributed by atoms with Crippen LogP contribution in [0.3, 0.4) is 0 Å². The summed E-state index contributed by atoms with van der Waals surface area (Å²) in [6.45, 7) is 6.59. The van der Waals surface area contributed by atoms with Gasteiger partial charge in [-0.15, -0.1) is 11.8 Å². The molecule has 0 aliphatic carbocycles. The highest BCUT2D eigenvalue weighted by molar-refractivity contribution is 7.98. The third kappa shape index (κ3) is 3.37. The highest BCUT2D eigenvalue weighted by atomic mass is 35.5. The molecule has 1 aromatic heterocycles. The van der Waals surface area contributed by atoms with E-state index in [0.717, 1.165) is 39.2 Å². The predicted octanol–water partition coefficient (Wildman–Crippen LogP) is 4.21. The average Bonchev–Trinajstić information content (AvgIpc) is 2.72. The highest BCUT2D eigenvalue weighted by Crippen LogP contribution is 2.29. The van der Waals surface area contributed by atoms with Crippen LogP contribution in [-0.2, 0) is 12.3 Å². The fraction of sp³-hybridized carbons (Fsp3) is 0.400. The van der Waals surface area contributed by atoms with Gasteiger partial charge in [0.1, 0.15) is 0 Å². The fourth-order valence-corrected chi connectivity index (χ4v) is 3.21. The Bertz CT molecular complexity index is 578. The number of hydrogen-bond donors (Lipinski definition) is 1. The smallest absolute Gasteiger partial charge is 0.0855 e. The number of thioether (sulfide) groups is 1. The van der Waals surface area contributed by atoms with Gasteiger partial charge in [-0.3, -0.25) is 4.68 Å². The van der Waals surface area contributed by atoms with Crippen molar-refractivity contribution in [2.24, 2.45) is 0 Å². The van der Waals surface area contributed by atoms with Gasteiger partial charge in [0, 0.05) is 17.2 Å². The van der Waals surface area contributed by atoms with Gasteiger partial charge in [-0.1, -0.05) is 23.7 Å². The first-order valence-corrected chi connectivity index (χ1v) is 8.02. The van der Waals surface area contributed by atoms with Gasteiger partial charge >= 0.3 is 0 Å². The summed E-state index contributed by atoms with van der Waals surface area (Å²) in [7, 11) is 0. The number of hydrogen-bond acceptors (Lipinski definition) is 3. The summed E-state index contributed by atoms with van der Waals surface area (Å²) in [6, 6.07) is 7.97. The molecule has 1 heterocycles. The number of aliphatic hydroxyl groups is 1. The zero-order valence-corrected chi connectivity index (χ0v) is 13.5. The van der Waals surface area contributed by atoms with Gasteiger partial charge in [-0.25, -0.2) is 0 Å². The minimum absolute atomic E-state index is 0.423. The molecule has 108 valence electrons. The van der Waals surface area contributed by atoms with Crippen molar-refractivity contribution in [3.8, 4) is 0 Å². The Kier molecular flexibility index (Phi) is 5.13. The minimum atomic E-state index is -0.423. The second-order valence-electron chi connectivity index (χ2n) is 4.70. The molecule has 0 aliphatic rings. The number of aromatic nitrogens is 2. The summed E-state index contributed by atoms with van der Waals surface area (Å²) in [5, 5.41) is 14.7. The van der Waals surface area contributed by atoms with Crippen molar-refractivity contribution in [2.75, 3.05) is 0 Å². The fourth-order valence-electron chi connectivity index (χ4n) is 2.00. The minimum Gasteiger partial charge on any atom is -0.389 e. The Labute approximate surface area is 129 Å². The molecule has 0 saturated heterocycles. The van der Waals surface area contributed by atoms with E-state index in [2.05, 4.69) is 12.0 Å². The summed E-state index contributed by atoms with van der Waals surface area (Å²) in [5.74, 6) is 0.793. The third-order valence-electron chi connectivity index (χ3n) is 3.19. The van der Waals surface area contributed by atoms with Crippen molar-refractivity contribution in [2.45, 2.75) is 44.1 Å². The van der Waals surface area contributed by atoms with Crippen LogP contribution in [0.1, 0.15) is 36.9 Å². The second kappa shape index (κ2) is 6.66. The molecule has 0 amide bonds. The zero-order valence-electron chi connectivity index (χ0n) is 11.9. The summed E-state index contributed by atoms with van der Waals surface area (Å²) in [5.41, 5.74) is 2.88. The van der Waals surface area contributed by atoms with E-state index >= 15 is 0 Å². The monoisotopic (exact) mass is 310 g/mol. The molecule has 20 heavy (non-hydrogen) atoms. The van der Waals surface area contributed by atoms with Crippen molar-refractivity contribution >= 4 is 23.4 Å². The maximum Gasteiger partial charge on any atom is 0.0855 e. The number of rotatable bonds is 5. The largest absolute Gasteiger partial charge is 0.389 e. The topological polar surface area (TPSA) is 38.0 Å². The number of benzene rings is 1. The molecular formula is C15H19ClN2OS. The summed E-state index contributed by atoms with van der Waals surface area (Å²) >= 11 is 8.02. The molecule has 1 aromatic carbocycles. The van der Waals surface area contributed by atoms with Crippen molar-refractivity contribution in [1.82, 2.24) is 9.78 Å². The van der Waals surface area contributed by atoms with Gasteiger partial charge in [0.2, 0.25) is 0 Å². The van der Waals surface area contributed by atoms with Crippen LogP contribution >= 0.6 is 23.4 Å². The van der Waals surface area contributed by atoms with Crippen molar-refractivity contribution in [3.05, 3.63) is 46.2 Å². The molecule has 2 rings (SSSR count). The quantitative estimate of drug-likeness (QED) is 0.841. The van der Waals surface area contributed by atoms with Gasteiger partial charge < -0.3 is 5.11 Å². The van der Waals surface area contributed by atoms with Gasteiger partial charge in [0.05, 0.1) is 22.5 Å². The molecule has 1 atom stereocenters. The standard InChI is InChI=1S/C15H19ClN2OS/c1-4-18-14(15(16)10(2)17-18)9-20-13-7-5-12(6-8-13)11(3)19/h5-8,11,19H,4,9H2,1-3H3. The number of aryl methyl sites for hydroxylation is 2. The van der Waals surface area contributed by atoms with E-state index in [9.17, 15) is 5.11 Å². The van der Waals surface area contributed by atoms with Gasteiger partial charge in [0.25, 0.3) is 0 Å².